The van der Waals surface area contributed by atoms with E-state index in [0.29, 0.717) is 5.56 Å². The van der Waals surface area contributed by atoms with Gasteiger partial charge in [0.2, 0.25) is 0 Å². The highest BCUT2D eigenvalue weighted by Gasteiger charge is 2.10. The van der Waals surface area contributed by atoms with Crippen molar-refractivity contribution in [1.29, 1.82) is 5.26 Å². The number of hydrogen-bond acceptors (Lipinski definition) is 3. The highest BCUT2D eigenvalue weighted by atomic mass is 19.1. The molecule has 20 heavy (non-hydrogen) atoms. The topological polar surface area (TPSA) is 70.3 Å². The third kappa shape index (κ3) is 3.12. The SMILES string of the molecule is N#Cc1cccc(COc2ccc(C(=O)O)c(F)c2)c1. The molecule has 0 saturated carbocycles. The summed E-state index contributed by atoms with van der Waals surface area (Å²) in [5.74, 6) is -1.94. The van der Waals surface area contributed by atoms with E-state index in [4.69, 9.17) is 15.1 Å². The van der Waals surface area contributed by atoms with Gasteiger partial charge in [-0.2, -0.15) is 5.26 Å². The summed E-state index contributed by atoms with van der Waals surface area (Å²) in [6, 6.07) is 12.4. The van der Waals surface area contributed by atoms with E-state index >= 15 is 0 Å². The van der Waals surface area contributed by atoms with Crippen LogP contribution >= 0.6 is 0 Å². The molecule has 0 bridgehead atoms. The first-order chi connectivity index (χ1) is 9.60. The zero-order valence-corrected chi connectivity index (χ0v) is 10.3. The van der Waals surface area contributed by atoms with Gasteiger partial charge in [0.15, 0.2) is 0 Å². The van der Waals surface area contributed by atoms with E-state index in [0.717, 1.165) is 17.7 Å². The molecule has 0 fully saturated rings. The minimum absolute atomic E-state index is 0.168. The Balaban J connectivity index is 2.09. The summed E-state index contributed by atoms with van der Waals surface area (Å²) in [6.07, 6.45) is 0. The van der Waals surface area contributed by atoms with Crippen LogP contribution in [0.3, 0.4) is 0 Å². The molecule has 5 heteroatoms. The second-order valence-corrected chi connectivity index (χ2v) is 4.05. The third-order valence-corrected chi connectivity index (χ3v) is 2.63. The molecule has 0 saturated heterocycles. The van der Waals surface area contributed by atoms with Crippen molar-refractivity contribution in [2.24, 2.45) is 0 Å². The maximum absolute atomic E-state index is 13.4. The Morgan fingerprint density at radius 2 is 2.10 bits per heavy atom. The van der Waals surface area contributed by atoms with E-state index in [9.17, 15) is 9.18 Å². The fourth-order valence-electron chi connectivity index (χ4n) is 1.66. The van der Waals surface area contributed by atoms with Crippen molar-refractivity contribution in [3.05, 3.63) is 65.0 Å². The molecule has 2 aromatic rings. The quantitative estimate of drug-likeness (QED) is 0.928. The van der Waals surface area contributed by atoms with Crippen LogP contribution in [-0.4, -0.2) is 11.1 Å². The molecule has 4 nitrogen and oxygen atoms in total. The molecule has 1 N–H and O–H groups in total. The number of nitrogens with zero attached hydrogens (tertiary/aromatic N) is 1. The van der Waals surface area contributed by atoms with Gasteiger partial charge < -0.3 is 9.84 Å². The van der Waals surface area contributed by atoms with Crippen LogP contribution < -0.4 is 4.74 Å². The molecule has 0 heterocycles. The fourth-order valence-corrected chi connectivity index (χ4v) is 1.66. The van der Waals surface area contributed by atoms with Gasteiger partial charge in [0.05, 0.1) is 17.2 Å². The molecule has 0 aliphatic heterocycles. The number of benzene rings is 2. The van der Waals surface area contributed by atoms with Crippen molar-refractivity contribution in [1.82, 2.24) is 0 Å². The van der Waals surface area contributed by atoms with Crippen LogP contribution in [0.5, 0.6) is 5.75 Å². The van der Waals surface area contributed by atoms with Crippen LogP contribution in [0.25, 0.3) is 0 Å². The lowest BCUT2D eigenvalue weighted by molar-refractivity contribution is 0.0692. The van der Waals surface area contributed by atoms with Gasteiger partial charge in [0.1, 0.15) is 18.2 Å². The lowest BCUT2D eigenvalue weighted by Gasteiger charge is -2.07. The number of halogens is 1. The Morgan fingerprint density at radius 1 is 1.30 bits per heavy atom. The van der Waals surface area contributed by atoms with Gasteiger partial charge in [-0.05, 0) is 29.8 Å². The van der Waals surface area contributed by atoms with Crippen LogP contribution in [0, 0.1) is 17.1 Å². The molecule has 0 atom stereocenters. The molecule has 100 valence electrons. The van der Waals surface area contributed by atoms with Crippen molar-refractivity contribution in [3.8, 4) is 11.8 Å². The van der Waals surface area contributed by atoms with E-state index in [1.54, 1.807) is 24.3 Å². The standard InChI is InChI=1S/C15H10FNO3/c16-14-7-12(4-5-13(14)15(18)19)20-9-11-3-1-2-10(6-11)8-17/h1-7H,9H2,(H,18,19). The Kier molecular flexibility index (Phi) is 3.96. The average molecular weight is 271 g/mol. The van der Waals surface area contributed by atoms with Gasteiger partial charge >= 0.3 is 5.97 Å². The minimum Gasteiger partial charge on any atom is -0.489 e. The number of nitriles is 1. The third-order valence-electron chi connectivity index (χ3n) is 2.63. The van der Waals surface area contributed by atoms with Crippen LogP contribution in [0.15, 0.2) is 42.5 Å². The lowest BCUT2D eigenvalue weighted by Crippen LogP contribution is -2.02. The summed E-state index contributed by atoms with van der Waals surface area (Å²) in [6.45, 7) is 0.168. The monoisotopic (exact) mass is 271 g/mol. The average Bonchev–Trinajstić information content (AvgIpc) is 2.45. The molecule has 0 unspecified atom stereocenters. The number of rotatable bonds is 4. The summed E-state index contributed by atoms with van der Waals surface area (Å²) in [4.78, 5) is 10.7. The lowest BCUT2D eigenvalue weighted by atomic mass is 10.1. The Morgan fingerprint density at radius 3 is 2.75 bits per heavy atom. The highest BCUT2D eigenvalue weighted by Crippen LogP contribution is 2.18. The summed E-state index contributed by atoms with van der Waals surface area (Å²) < 4.78 is 18.8. The van der Waals surface area contributed by atoms with Crippen molar-refractivity contribution < 1.29 is 19.0 Å². The van der Waals surface area contributed by atoms with Crippen molar-refractivity contribution in [2.45, 2.75) is 6.61 Å². The van der Waals surface area contributed by atoms with E-state index in [-0.39, 0.29) is 12.4 Å². The van der Waals surface area contributed by atoms with Crippen molar-refractivity contribution in [2.75, 3.05) is 0 Å². The molecule has 0 spiro atoms. The zero-order valence-electron chi connectivity index (χ0n) is 10.3. The van der Waals surface area contributed by atoms with Crippen LogP contribution in [0.1, 0.15) is 21.5 Å². The molecule has 0 radical (unpaired) electrons. The van der Waals surface area contributed by atoms with Gasteiger partial charge in [0, 0.05) is 6.07 Å². The summed E-state index contributed by atoms with van der Waals surface area (Å²) in [7, 11) is 0. The normalized spacial score (nSPS) is 9.80. The molecule has 0 amide bonds. The smallest absolute Gasteiger partial charge is 0.338 e. The molecule has 2 aromatic carbocycles. The summed E-state index contributed by atoms with van der Waals surface area (Å²) in [5.41, 5.74) is 0.883. The highest BCUT2D eigenvalue weighted by molar-refractivity contribution is 5.88. The van der Waals surface area contributed by atoms with E-state index in [1.165, 1.54) is 6.07 Å². The Bertz CT molecular complexity index is 692. The number of carboxylic acids is 1. The van der Waals surface area contributed by atoms with Crippen LogP contribution in [0.4, 0.5) is 4.39 Å². The molecule has 2 rings (SSSR count). The summed E-state index contributed by atoms with van der Waals surface area (Å²) in [5, 5.41) is 17.5. The second-order valence-electron chi connectivity index (χ2n) is 4.05. The zero-order chi connectivity index (χ0) is 14.5. The number of carbonyl (C=O) groups is 1. The van der Waals surface area contributed by atoms with Gasteiger partial charge in [-0.25, -0.2) is 9.18 Å². The molecule has 0 aliphatic carbocycles. The van der Waals surface area contributed by atoms with Crippen LogP contribution in [-0.2, 0) is 6.61 Å². The maximum atomic E-state index is 13.4. The predicted molar refractivity (Wildman–Crippen MR) is 68.8 cm³/mol. The predicted octanol–water partition coefficient (Wildman–Crippen LogP) is 2.97. The molecule has 0 aromatic heterocycles. The van der Waals surface area contributed by atoms with Gasteiger partial charge in [-0.3, -0.25) is 0 Å². The Labute approximate surface area is 114 Å². The molecule has 0 aliphatic rings. The Hall–Kier alpha value is -2.87. The van der Waals surface area contributed by atoms with Gasteiger partial charge in [-0.1, -0.05) is 12.1 Å². The minimum atomic E-state index is -1.32. The number of ether oxygens (including phenoxy) is 1. The first-order valence-electron chi connectivity index (χ1n) is 5.75. The van der Waals surface area contributed by atoms with E-state index < -0.39 is 17.3 Å². The molecular formula is C15H10FNO3. The fraction of sp³-hybridized carbons (Fsp3) is 0.0667. The second kappa shape index (κ2) is 5.85. The number of aromatic carboxylic acids is 1. The van der Waals surface area contributed by atoms with E-state index in [2.05, 4.69) is 0 Å². The van der Waals surface area contributed by atoms with Crippen molar-refractivity contribution >= 4 is 5.97 Å². The largest absolute Gasteiger partial charge is 0.489 e. The number of hydrogen-bond donors (Lipinski definition) is 1. The maximum Gasteiger partial charge on any atom is 0.338 e. The van der Waals surface area contributed by atoms with Crippen molar-refractivity contribution in [3.63, 3.8) is 0 Å². The van der Waals surface area contributed by atoms with Gasteiger partial charge in [0.25, 0.3) is 0 Å². The summed E-state index contributed by atoms with van der Waals surface area (Å²) >= 11 is 0. The van der Waals surface area contributed by atoms with Gasteiger partial charge in [-0.15, -0.1) is 0 Å². The molecular weight excluding hydrogens is 261 g/mol. The first-order valence-corrected chi connectivity index (χ1v) is 5.75. The number of carboxylic acid groups (broad SMARTS) is 1. The first kappa shape index (κ1) is 13.6. The van der Waals surface area contributed by atoms with E-state index in [1.807, 2.05) is 6.07 Å². The van der Waals surface area contributed by atoms with Crippen LogP contribution in [0.2, 0.25) is 0 Å².